The molecule has 94 valence electrons. The monoisotopic (exact) mass is 318 g/mol. The van der Waals surface area contributed by atoms with Gasteiger partial charge in [-0.25, -0.2) is 8.42 Å². The summed E-state index contributed by atoms with van der Waals surface area (Å²) in [4.78, 5) is 0.227. The molecule has 0 spiro atoms. The molecule has 1 rings (SSSR count). The number of benzene rings is 1. The van der Waals surface area contributed by atoms with E-state index in [9.17, 15) is 8.42 Å². The van der Waals surface area contributed by atoms with Crippen molar-refractivity contribution in [2.75, 3.05) is 13.6 Å². The summed E-state index contributed by atoms with van der Waals surface area (Å²) < 4.78 is 26.2. The maximum atomic E-state index is 12.2. The third kappa shape index (κ3) is 3.16. The average molecular weight is 319 g/mol. The van der Waals surface area contributed by atoms with Crippen LogP contribution in [-0.2, 0) is 16.6 Å². The van der Waals surface area contributed by atoms with Gasteiger partial charge in [-0.1, -0.05) is 12.1 Å². The summed E-state index contributed by atoms with van der Waals surface area (Å²) in [6.45, 7) is 4.10. The van der Waals surface area contributed by atoms with E-state index >= 15 is 0 Å². The Hall–Kier alpha value is -0.690. The zero-order valence-corrected chi connectivity index (χ0v) is 12.0. The van der Waals surface area contributed by atoms with Gasteiger partial charge in [0.05, 0.1) is 4.90 Å². The van der Waals surface area contributed by atoms with Gasteiger partial charge < -0.3 is 5.73 Å². The molecule has 0 aliphatic rings. The molecule has 0 aromatic heterocycles. The van der Waals surface area contributed by atoms with Crippen LogP contribution in [0.2, 0.25) is 0 Å². The van der Waals surface area contributed by atoms with Crippen LogP contribution in [0.3, 0.4) is 0 Å². The van der Waals surface area contributed by atoms with E-state index < -0.39 is 10.0 Å². The van der Waals surface area contributed by atoms with Crippen molar-refractivity contribution in [1.29, 1.82) is 0 Å². The summed E-state index contributed by atoms with van der Waals surface area (Å²) in [5.74, 6) is 0. The van der Waals surface area contributed by atoms with Crippen LogP contribution in [0.1, 0.15) is 5.56 Å². The summed E-state index contributed by atoms with van der Waals surface area (Å²) in [7, 11) is -1.99. The minimum atomic E-state index is -3.50. The maximum absolute atomic E-state index is 12.2. The fraction of sp³-hybridized carbons (Fsp3) is 0.273. The van der Waals surface area contributed by atoms with E-state index in [0.29, 0.717) is 11.0 Å². The third-order valence-corrected chi connectivity index (χ3v) is 5.12. The number of hydrogen-bond acceptors (Lipinski definition) is 3. The molecule has 17 heavy (non-hydrogen) atoms. The Morgan fingerprint density at radius 2 is 2.18 bits per heavy atom. The highest BCUT2D eigenvalue weighted by molar-refractivity contribution is 9.10. The molecule has 0 saturated carbocycles. The molecule has 1 aromatic carbocycles. The van der Waals surface area contributed by atoms with Gasteiger partial charge in [0.25, 0.3) is 0 Å². The van der Waals surface area contributed by atoms with E-state index in [1.807, 2.05) is 0 Å². The van der Waals surface area contributed by atoms with Crippen molar-refractivity contribution < 1.29 is 8.42 Å². The lowest BCUT2D eigenvalue weighted by atomic mass is 10.2. The van der Waals surface area contributed by atoms with Crippen molar-refractivity contribution in [3.05, 3.63) is 40.9 Å². The van der Waals surface area contributed by atoms with Crippen LogP contribution in [0.15, 0.2) is 40.2 Å². The van der Waals surface area contributed by atoms with Gasteiger partial charge >= 0.3 is 0 Å². The van der Waals surface area contributed by atoms with Crippen LogP contribution in [-0.4, -0.2) is 26.3 Å². The van der Waals surface area contributed by atoms with E-state index in [1.165, 1.54) is 17.4 Å². The molecule has 6 heteroatoms. The normalized spacial score (nSPS) is 11.8. The Morgan fingerprint density at radius 1 is 1.53 bits per heavy atom. The topological polar surface area (TPSA) is 63.4 Å². The minimum Gasteiger partial charge on any atom is -0.326 e. The van der Waals surface area contributed by atoms with Crippen molar-refractivity contribution in [1.82, 2.24) is 4.31 Å². The Bertz CT molecular complexity index is 514. The lowest BCUT2D eigenvalue weighted by Crippen LogP contribution is -2.27. The Labute approximate surface area is 110 Å². The van der Waals surface area contributed by atoms with Gasteiger partial charge in [0.1, 0.15) is 0 Å². The molecular weight excluding hydrogens is 304 g/mol. The zero-order chi connectivity index (χ0) is 13.1. The number of rotatable bonds is 5. The summed E-state index contributed by atoms with van der Waals surface area (Å²) in [5, 5.41) is 0. The fourth-order valence-corrected chi connectivity index (χ4v) is 3.43. The third-order valence-electron chi connectivity index (χ3n) is 2.31. The molecule has 0 heterocycles. The molecule has 0 aliphatic carbocycles. The minimum absolute atomic E-state index is 0.227. The number of nitrogens with zero attached hydrogens (tertiary/aromatic N) is 1. The van der Waals surface area contributed by atoms with Gasteiger partial charge in [0.15, 0.2) is 0 Å². The standard InChI is InChI=1S/C11H15BrN2O2S/c1-3-6-14(2)17(15,16)11-7-9(8-13)4-5-10(11)12/h3-5,7H,1,6,8,13H2,2H3. The lowest BCUT2D eigenvalue weighted by Gasteiger charge is -2.16. The van der Waals surface area contributed by atoms with Crippen molar-refractivity contribution in [2.45, 2.75) is 11.4 Å². The highest BCUT2D eigenvalue weighted by atomic mass is 79.9. The second-order valence-corrected chi connectivity index (χ2v) is 6.41. The van der Waals surface area contributed by atoms with Gasteiger partial charge in [-0.05, 0) is 33.6 Å². The highest BCUT2D eigenvalue weighted by Gasteiger charge is 2.22. The molecule has 0 unspecified atom stereocenters. The maximum Gasteiger partial charge on any atom is 0.244 e. The number of hydrogen-bond donors (Lipinski definition) is 1. The van der Waals surface area contributed by atoms with Crippen LogP contribution in [0.25, 0.3) is 0 Å². The van der Waals surface area contributed by atoms with Crippen LogP contribution >= 0.6 is 15.9 Å². The van der Waals surface area contributed by atoms with Crippen molar-refractivity contribution >= 4 is 26.0 Å². The van der Waals surface area contributed by atoms with E-state index in [0.717, 1.165) is 5.56 Å². The summed E-state index contributed by atoms with van der Waals surface area (Å²) in [5.41, 5.74) is 6.28. The molecule has 0 radical (unpaired) electrons. The Morgan fingerprint density at radius 3 is 2.71 bits per heavy atom. The summed E-state index contributed by atoms with van der Waals surface area (Å²) >= 11 is 3.24. The molecule has 0 fully saturated rings. The van der Waals surface area contributed by atoms with Crippen molar-refractivity contribution in [2.24, 2.45) is 5.73 Å². The second kappa shape index (κ2) is 5.77. The fourth-order valence-electron chi connectivity index (χ4n) is 1.32. The largest absolute Gasteiger partial charge is 0.326 e. The van der Waals surface area contributed by atoms with E-state index in [1.54, 1.807) is 18.2 Å². The first-order valence-corrected chi connectivity index (χ1v) is 7.22. The van der Waals surface area contributed by atoms with Crippen LogP contribution in [0.5, 0.6) is 0 Å². The van der Waals surface area contributed by atoms with Crippen molar-refractivity contribution in [3.8, 4) is 0 Å². The van der Waals surface area contributed by atoms with Gasteiger partial charge in [0, 0.05) is 24.6 Å². The van der Waals surface area contributed by atoms with E-state index in [4.69, 9.17) is 5.73 Å². The zero-order valence-electron chi connectivity index (χ0n) is 9.56. The number of sulfonamides is 1. The Kier molecular flexibility index (Phi) is 4.88. The quantitative estimate of drug-likeness (QED) is 0.841. The summed E-state index contributed by atoms with van der Waals surface area (Å²) in [6, 6.07) is 5.06. The number of likely N-dealkylation sites (N-methyl/N-ethyl adjacent to an activating group) is 1. The van der Waals surface area contributed by atoms with Gasteiger partial charge in [0.2, 0.25) is 10.0 Å². The molecule has 0 aliphatic heterocycles. The van der Waals surface area contributed by atoms with Crippen molar-refractivity contribution in [3.63, 3.8) is 0 Å². The predicted octanol–water partition coefficient (Wildman–Crippen LogP) is 1.71. The molecule has 4 nitrogen and oxygen atoms in total. The lowest BCUT2D eigenvalue weighted by molar-refractivity contribution is 0.499. The van der Waals surface area contributed by atoms with Gasteiger partial charge in [-0.2, -0.15) is 4.31 Å². The van der Waals surface area contributed by atoms with Crippen LogP contribution in [0.4, 0.5) is 0 Å². The van der Waals surface area contributed by atoms with Gasteiger partial charge in [-0.15, -0.1) is 6.58 Å². The molecule has 0 atom stereocenters. The first kappa shape index (κ1) is 14.4. The number of halogens is 1. The molecular formula is C11H15BrN2O2S. The number of nitrogens with two attached hydrogens (primary N) is 1. The average Bonchev–Trinajstić information content (AvgIpc) is 2.29. The Balaban J connectivity index is 3.27. The molecule has 1 aromatic rings. The summed E-state index contributed by atoms with van der Waals surface area (Å²) in [6.07, 6.45) is 1.54. The predicted molar refractivity (Wildman–Crippen MR) is 72.0 cm³/mol. The van der Waals surface area contributed by atoms with Gasteiger partial charge in [-0.3, -0.25) is 0 Å². The SMILES string of the molecule is C=CCN(C)S(=O)(=O)c1cc(CN)ccc1Br. The van der Waals surface area contributed by atoms with Crippen LogP contribution < -0.4 is 5.73 Å². The second-order valence-electron chi connectivity index (χ2n) is 3.54. The van der Waals surface area contributed by atoms with E-state index in [2.05, 4.69) is 22.5 Å². The molecule has 2 N–H and O–H groups in total. The molecule has 0 saturated heterocycles. The van der Waals surface area contributed by atoms with E-state index in [-0.39, 0.29) is 11.4 Å². The highest BCUT2D eigenvalue weighted by Crippen LogP contribution is 2.25. The first-order valence-electron chi connectivity index (χ1n) is 4.99. The first-order chi connectivity index (χ1) is 7.93. The molecule has 0 amide bonds. The smallest absolute Gasteiger partial charge is 0.244 e. The van der Waals surface area contributed by atoms with Crippen LogP contribution in [0, 0.1) is 0 Å². The molecule has 0 bridgehead atoms.